The minimum absolute atomic E-state index is 0.348. The third kappa shape index (κ3) is 6.23. The summed E-state index contributed by atoms with van der Waals surface area (Å²) in [5.74, 6) is -0.497. The molecular formula is C10H20N2O4. The second-order valence-corrected chi connectivity index (χ2v) is 4.72. The third-order valence-corrected chi connectivity index (χ3v) is 1.58. The van der Waals surface area contributed by atoms with E-state index in [9.17, 15) is 14.7 Å². The first-order chi connectivity index (χ1) is 7.13. The van der Waals surface area contributed by atoms with Crippen molar-refractivity contribution in [3.8, 4) is 0 Å². The normalized spacial score (nSPS) is 12.9. The van der Waals surface area contributed by atoms with Gasteiger partial charge >= 0.3 is 6.09 Å². The average molecular weight is 232 g/mol. The molecule has 0 fully saturated rings. The van der Waals surface area contributed by atoms with Crippen LogP contribution in [0.15, 0.2) is 0 Å². The summed E-state index contributed by atoms with van der Waals surface area (Å²) in [6, 6.07) is 0. The average Bonchev–Trinajstić information content (AvgIpc) is 2.09. The molecule has 0 aromatic rings. The van der Waals surface area contributed by atoms with E-state index in [0.717, 1.165) is 0 Å². The summed E-state index contributed by atoms with van der Waals surface area (Å²) in [4.78, 5) is 23.6. The zero-order valence-electron chi connectivity index (χ0n) is 10.4. The van der Waals surface area contributed by atoms with Crippen molar-refractivity contribution in [1.82, 2.24) is 10.2 Å². The van der Waals surface area contributed by atoms with Gasteiger partial charge in [-0.15, -0.1) is 0 Å². The van der Waals surface area contributed by atoms with Gasteiger partial charge in [-0.1, -0.05) is 0 Å². The standard InChI is InChI=1S/C10H20N2O4/c1-10(2,3)11-9(15)16-6-7(13)8(14)12(4)5/h7,13H,6H2,1-5H3,(H,11,15). The number of nitrogens with one attached hydrogen (secondary N) is 1. The lowest BCUT2D eigenvalue weighted by Gasteiger charge is -2.21. The summed E-state index contributed by atoms with van der Waals surface area (Å²) in [6.07, 6.45) is -1.97. The molecule has 0 radical (unpaired) electrons. The zero-order chi connectivity index (χ0) is 12.9. The Labute approximate surface area is 95.6 Å². The van der Waals surface area contributed by atoms with Crippen molar-refractivity contribution in [2.24, 2.45) is 0 Å². The van der Waals surface area contributed by atoms with Gasteiger partial charge in [-0.3, -0.25) is 4.79 Å². The van der Waals surface area contributed by atoms with Gasteiger partial charge in [0.2, 0.25) is 0 Å². The second kappa shape index (κ2) is 5.69. The first-order valence-corrected chi connectivity index (χ1v) is 4.97. The Bertz CT molecular complexity index is 258. The fourth-order valence-electron chi connectivity index (χ4n) is 0.866. The number of nitrogens with zero attached hydrogens (tertiary/aromatic N) is 1. The van der Waals surface area contributed by atoms with Crippen molar-refractivity contribution < 1.29 is 19.4 Å². The third-order valence-electron chi connectivity index (χ3n) is 1.58. The van der Waals surface area contributed by atoms with Crippen LogP contribution in [0.2, 0.25) is 0 Å². The van der Waals surface area contributed by atoms with Gasteiger partial charge in [0, 0.05) is 19.6 Å². The van der Waals surface area contributed by atoms with Crippen LogP contribution >= 0.6 is 0 Å². The predicted molar refractivity (Wildman–Crippen MR) is 58.9 cm³/mol. The Hall–Kier alpha value is -1.30. The molecule has 0 rings (SSSR count). The molecule has 1 unspecified atom stereocenters. The molecule has 0 saturated carbocycles. The number of alkyl carbamates (subject to hydrolysis) is 1. The van der Waals surface area contributed by atoms with Gasteiger partial charge in [-0.25, -0.2) is 4.79 Å². The van der Waals surface area contributed by atoms with Gasteiger partial charge in [0.05, 0.1) is 0 Å². The van der Waals surface area contributed by atoms with E-state index in [4.69, 9.17) is 4.74 Å². The van der Waals surface area contributed by atoms with Crippen molar-refractivity contribution >= 4 is 12.0 Å². The molecule has 6 heteroatoms. The van der Waals surface area contributed by atoms with Crippen LogP contribution in [0, 0.1) is 0 Å². The summed E-state index contributed by atoms with van der Waals surface area (Å²) in [6.45, 7) is 5.06. The number of aliphatic hydroxyl groups is 1. The Morgan fingerprint density at radius 1 is 1.38 bits per heavy atom. The molecule has 0 bridgehead atoms. The van der Waals surface area contributed by atoms with Crippen LogP contribution in [0.25, 0.3) is 0 Å². The number of hydrogen-bond acceptors (Lipinski definition) is 4. The fraction of sp³-hybridized carbons (Fsp3) is 0.800. The molecule has 0 spiro atoms. The number of ether oxygens (including phenoxy) is 1. The van der Waals surface area contributed by atoms with Crippen molar-refractivity contribution in [3.05, 3.63) is 0 Å². The SMILES string of the molecule is CN(C)C(=O)C(O)COC(=O)NC(C)(C)C. The van der Waals surface area contributed by atoms with Crippen LogP contribution in [-0.4, -0.2) is 54.4 Å². The van der Waals surface area contributed by atoms with Crippen LogP contribution in [0.4, 0.5) is 4.79 Å². The Kier molecular flexibility index (Phi) is 5.23. The molecule has 1 atom stereocenters. The molecule has 0 saturated heterocycles. The van der Waals surface area contributed by atoms with Crippen LogP contribution in [0.1, 0.15) is 20.8 Å². The lowest BCUT2D eigenvalue weighted by Crippen LogP contribution is -2.43. The van der Waals surface area contributed by atoms with Crippen LogP contribution in [0.3, 0.4) is 0 Å². The molecule has 6 nitrogen and oxygen atoms in total. The fourth-order valence-corrected chi connectivity index (χ4v) is 0.866. The van der Waals surface area contributed by atoms with E-state index in [0.29, 0.717) is 0 Å². The summed E-state index contributed by atoms with van der Waals surface area (Å²) in [7, 11) is 3.03. The summed E-state index contributed by atoms with van der Waals surface area (Å²) < 4.78 is 4.70. The van der Waals surface area contributed by atoms with Crippen molar-refractivity contribution in [3.63, 3.8) is 0 Å². The number of likely N-dealkylation sites (N-methyl/N-ethyl adjacent to an activating group) is 1. The van der Waals surface area contributed by atoms with Gasteiger partial charge in [0.15, 0.2) is 6.10 Å². The van der Waals surface area contributed by atoms with Crippen molar-refractivity contribution in [2.45, 2.75) is 32.4 Å². The maximum atomic E-state index is 11.2. The summed E-state index contributed by atoms with van der Waals surface area (Å²) >= 11 is 0. The molecule has 0 aromatic carbocycles. The topological polar surface area (TPSA) is 78.9 Å². The van der Waals surface area contributed by atoms with E-state index in [1.54, 1.807) is 20.8 Å². The van der Waals surface area contributed by atoms with Gasteiger partial charge in [0.25, 0.3) is 5.91 Å². The number of rotatable bonds is 3. The highest BCUT2D eigenvalue weighted by molar-refractivity contribution is 5.80. The molecule has 2 N–H and O–H groups in total. The lowest BCUT2D eigenvalue weighted by molar-refractivity contribution is -0.139. The number of carbonyl (C=O) groups is 2. The van der Waals surface area contributed by atoms with Crippen LogP contribution < -0.4 is 5.32 Å². The Balaban J connectivity index is 3.98. The highest BCUT2D eigenvalue weighted by Crippen LogP contribution is 1.99. The molecule has 16 heavy (non-hydrogen) atoms. The molecule has 0 aromatic heterocycles. The maximum absolute atomic E-state index is 11.2. The molecular weight excluding hydrogens is 212 g/mol. The number of aliphatic hydroxyl groups excluding tert-OH is 1. The van der Waals surface area contributed by atoms with E-state index < -0.39 is 23.6 Å². The predicted octanol–water partition coefficient (Wildman–Crippen LogP) is -0.0398. The smallest absolute Gasteiger partial charge is 0.407 e. The molecule has 0 aliphatic heterocycles. The van der Waals surface area contributed by atoms with E-state index in [1.807, 2.05) is 0 Å². The highest BCUT2D eigenvalue weighted by atomic mass is 16.6. The van der Waals surface area contributed by atoms with Gasteiger partial charge in [-0.2, -0.15) is 0 Å². The van der Waals surface area contributed by atoms with Gasteiger partial charge in [0.1, 0.15) is 6.61 Å². The Morgan fingerprint density at radius 2 is 1.88 bits per heavy atom. The second-order valence-electron chi connectivity index (χ2n) is 4.72. The van der Waals surface area contributed by atoms with Crippen LogP contribution in [-0.2, 0) is 9.53 Å². The first kappa shape index (κ1) is 14.7. The first-order valence-electron chi connectivity index (χ1n) is 4.97. The van der Waals surface area contributed by atoms with Gasteiger partial charge in [-0.05, 0) is 20.8 Å². The minimum atomic E-state index is -1.32. The van der Waals surface area contributed by atoms with E-state index in [1.165, 1.54) is 19.0 Å². The molecule has 0 aliphatic carbocycles. The quantitative estimate of drug-likeness (QED) is 0.715. The molecule has 2 amide bonds. The molecule has 0 aliphatic rings. The number of amides is 2. The molecule has 94 valence electrons. The number of hydrogen-bond donors (Lipinski definition) is 2. The summed E-state index contributed by atoms with van der Waals surface area (Å²) in [5.41, 5.74) is -0.409. The maximum Gasteiger partial charge on any atom is 0.407 e. The highest BCUT2D eigenvalue weighted by Gasteiger charge is 2.20. The van der Waals surface area contributed by atoms with E-state index in [-0.39, 0.29) is 6.61 Å². The van der Waals surface area contributed by atoms with Crippen molar-refractivity contribution in [2.75, 3.05) is 20.7 Å². The number of carbonyl (C=O) groups excluding carboxylic acids is 2. The monoisotopic (exact) mass is 232 g/mol. The van der Waals surface area contributed by atoms with Crippen molar-refractivity contribution in [1.29, 1.82) is 0 Å². The van der Waals surface area contributed by atoms with E-state index >= 15 is 0 Å². The Morgan fingerprint density at radius 3 is 2.25 bits per heavy atom. The van der Waals surface area contributed by atoms with Crippen LogP contribution in [0.5, 0.6) is 0 Å². The van der Waals surface area contributed by atoms with E-state index in [2.05, 4.69) is 5.32 Å². The zero-order valence-corrected chi connectivity index (χ0v) is 10.4. The minimum Gasteiger partial charge on any atom is -0.446 e. The largest absolute Gasteiger partial charge is 0.446 e. The summed E-state index contributed by atoms with van der Waals surface area (Å²) in [5, 5.41) is 11.9. The lowest BCUT2D eigenvalue weighted by atomic mass is 10.1. The molecule has 0 heterocycles. The van der Waals surface area contributed by atoms with Gasteiger partial charge < -0.3 is 20.1 Å².